The lowest BCUT2D eigenvalue weighted by Gasteiger charge is -2.21. The van der Waals surface area contributed by atoms with Gasteiger partial charge in [0.1, 0.15) is 18.5 Å². The van der Waals surface area contributed by atoms with Gasteiger partial charge in [0.15, 0.2) is 0 Å². The van der Waals surface area contributed by atoms with Crippen LogP contribution in [0.2, 0.25) is 0 Å². The summed E-state index contributed by atoms with van der Waals surface area (Å²) in [6.07, 6.45) is -0.557. The van der Waals surface area contributed by atoms with E-state index in [0.29, 0.717) is 18.7 Å². The molecule has 0 aliphatic rings. The summed E-state index contributed by atoms with van der Waals surface area (Å²) in [7, 11) is 1.95. The van der Waals surface area contributed by atoms with Crippen molar-refractivity contribution in [2.24, 2.45) is 0 Å². The first-order chi connectivity index (χ1) is 11.1. The summed E-state index contributed by atoms with van der Waals surface area (Å²) in [5.41, 5.74) is 2.83. The maximum Gasteiger partial charge on any atom is 0.122 e. The van der Waals surface area contributed by atoms with Crippen molar-refractivity contribution in [1.82, 2.24) is 4.90 Å². The first-order valence-electron chi connectivity index (χ1n) is 7.62. The minimum atomic E-state index is -0.557. The Kier molecular flexibility index (Phi) is 6.16. The van der Waals surface area contributed by atoms with E-state index in [9.17, 15) is 5.11 Å². The van der Waals surface area contributed by atoms with Crippen molar-refractivity contribution < 1.29 is 9.84 Å². The van der Waals surface area contributed by atoms with Gasteiger partial charge < -0.3 is 9.84 Å². The summed E-state index contributed by atoms with van der Waals surface area (Å²) in [6.45, 7) is 3.49. The maximum absolute atomic E-state index is 10.1. The summed E-state index contributed by atoms with van der Waals surface area (Å²) in [5.74, 6) is 0.807. The van der Waals surface area contributed by atoms with Crippen LogP contribution in [0.1, 0.15) is 16.7 Å². The highest BCUT2D eigenvalue weighted by Crippen LogP contribution is 2.16. The summed E-state index contributed by atoms with van der Waals surface area (Å²) in [4.78, 5) is 2.03. The molecular formula is C19H22N2O2. The van der Waals surface area contributed by atoms with E-state index >= 15 is 0 Å². The molecule has 1 unspecified atom stereocenters. The zero-order chi connectivity index (χ0) is 16.7. The van der Waals surface area contributed by atoms with Gasteiger partial charge in [0, 0.05) is 13.1 Å². The van der Waals surface area contributed by atoms with E-state index in [1.807, 2.05) is 55.3 Å². The molecule has 120 valence electrons. The average molecular weight is 310 g/mol. The number of benzene rings is 2. The average Bonchev–Trinajstić information content (AvgIpc) is 2.54. The molecule has 0 heterocycles. The number of nitrogens with zero attached hydrogens (tertiary/aromatic N) is 2. The fourth-order valence-corrected chi connectivity index (χ4v) is 2.38. The molecule has 0 bridgehead atoms. The number of nitriles is 1. The van der Waals surface area contributed by atoms with Gasteiger partial charge in [0.2, 0.25) is 0 Å². The first kappa shape index (κ1) is 17.0. The Bertz CT molecular complexity index is 662. The van der Waals surface area contributed by atoms with Crippen LogP contribution in [0.25, 0.3) is 0 Å². The van der Waals surface area contributed by atoms with Crippen LogP contribution < -0.4 is 4.74 Å². The molecule has 0 aliphatic heterocycles. The first-order valence-corrected chi connectivity index (χ1v) is 7.62. The van der Waals surface area contributed by atoms with Gasteiger partial charge in [-0.05, 0) is 43.3 Å². The lowest BCUT2D eigenvalue weighted by Crippen LogP contribution is -2.32. The van der Waals surface area contributed by atoms with Crippen molar-refractivity contribution in [3.63, 3.8) is 0 Å². The van der Waals surface area contributed by atoms with Gasteiger partial charge in [-0.1, -0.05) is 30.3 Å². The third-order valence-corrected chi connectivity index (χ3v) is 3.58. The summed E-state index contributed by atoms with van der Waals surface area (Å²) < 4.78 is 5.67. The van der Waals surface area contributed by atoms with E-state index < -0.39 is 6.10 Å². The monoisotopic (exact) mass is 310 g/mol. The maximum atomic E-state index is 10.1. The molecule has 0 saturated heterocycles. The van der Waals surface area contributed by atoms with E-state index in [0.717, 1.165) is 16.9 Å². The van der Waals surface area contributed by atoms with E-state index in [1.165, 1.54) is 0 Å². The SMILES string of the molecule is Cc1ccccc1OCC(O)CN(C)Cc1ccc(C#N)cc1. The molecule has 4 nitrogen and oxygen atoms in total. The van der Waals surface area contributed by atoms with Gasteiger partial charge in [-0.15, -0.1) is 0 Å². The van der Waals surface area contributed by atoms with Gasteiger partial charge in [-0.2, -0.15) is 5.26 Å². The molecule has 0 amide bonds. The van der Waals surface area contributed by atoms with Gasteiger partial charge in [-0.25, -0.2) is 0 Å². The van der Waals surface area contributed by atoms with Crippen LogP contribution in [0.5, 0.6) is 5.75 Å². The summed E-state index contributed by atoms with van der Waals surface area (Å²) in [6, 6.07) is 17.4. The molecule has 2 aromatic rings. The lowest BCUT2D eigenvalue weighted by atomic mass is 10.1. The second-order valence-electron chi connectivity index (χ2n) is 5.74. The molecule has 1 atom stereocenters. The van der Waals surface area contributed by atoms with Gasteiger partial charge in [0.05, 0.1) is 11.6 Å². The highest BCUT2D eigenvalue weighted by Gasteiger charge is 2.10. The van der Waals surface area contributed by atoms with Crippen molar-refractivity contribution in [1.29, 1.82) is 5.26 Å². The number of hydrogen-bond acceptors (Lipinski definition) is 4. The minimum Gasteiger partial charge on any atom is -0.491 e. The molecule has 0 saturated carbocycles. The third-order valence-electron chi connectivity index (χ3n) is 3.58. The van der Waals surface area contributed by atoms with Crippen LogP contribution >= 0.6 is 0 Å². The second kappa shape index (κ2) is 8.33. The van der Waals surface area contributed by atoms with Crippen LogP contribution in [0.3, 0.4) is 0 Å². The van der Waals surface area contributed by atoms with Crippen molar-refractivity contribution >= 4 is 0 Å². The standard InChI is InChI=1S/C19H22N2O2/c1-15-5-3-4-6-19(15)23-14-18(22)13-21(2)12-17-9-7-16(11-20)8-10-17/h3-10,18,22H,12-14H2,1-2H3. The normalized spacial score (nSPS) is 12.0. The highest BCUT2D eigenvalue weighted by atomic mass is 16.5. The molecule has 2 rings (SSSR count). The van der Waals surface area contributed by atoms with E-state index in [4.69, 9.17) is 10.00 Å². The Morgan fingerprint density at radius 1 is 1.17 bits per heavy atom. The molecule has 23 heavy (non-hydrogen) atoms. The smallest absolute Gasteiger partial charge is 0.122 e. The zero-order valence-corrected chi connectivity index (χ0v) is 13.6. The molecule has 4 heteroatoms. The number of ether oxygens (including phenoxy) is 1. The fourth-order valence-electron chi connectivity index (χ4n) is 2.38. The minimum absolute atomic E-state index is 0.266. The number of likely N-dealkylation sites (N-methyl/N-ethyl adjacent to an activating group) is 1. The molecule has 0 spiro atoms. The van der Waals surface area contributed by atoms with Crippen molar-refractivity contribution in [2.75, 3.05) is 20.2 Å². The van der Waals surface area contributed by atoms with E-state index in [1.54, 1.807) is 12.1 Å². The van der Waals surface area contributed by atoms with Gasteiger partial charge >= 0.3 is 0 Å². The quantitative estimate of drug-likeness (QED) is 0.854. The topological polar surface area (TPSA) is 56.5 Å². The van der Waals surface area contributed by atoms with Crippen LogP contribution in [0.15, 0.2) is 48.5 Å². The van der Waals surface area contributed by atoms with Crippen LogP contribution in [-0.2, 0) is 6.54 Å². The highest BCUT2D eigenvalue weighted by molar-refractivity contribution is 5.32. The molecular weight excluding hydrogens is 288 g/mol. The van der Waals surface area contributed by atoms with Gasteiger partial charge in [0.25, 0.3) is 0 Å². The predicted molar refractivity (Wildman–Crippen MR) is 90.2 cm³/mol. The van der Waals surface area contributed by atoms with E-state index in [2.05, 4.69) is 6.07 Å². The van der Waals surface area contributed by atoms with Crippen LogP contribution in [0.4, 0.5) is 0 Å². The lowest BCUT2D eigenvalue weighted by molar-refractivity contribution is 0.0741. The number of aryl methyl sites for hydroxylation is 1. The Morgan fingerprint density at radius 3 is 2.52 bits per heavy atom. The van der Waals surface area contributed by atoms with Crippen molar-refractivity contribution in [2.45, 2.75) is 19.6 Å². The number of rotatable bonds is 7. The number of hydrogen-bond donors (Lipinski definition) is 1. The van der Waals surface area contributed by atoms with Crippen molar-refractivity contribution in [3.8, 4) is 11.8 Å². The Hall–Kier alpha value is -2.35. The third kappa shape index (κ3) is 5.41. The molecule has 1 N–H and O–H groups in total. The Labute approximate surface area is 137 Å². The molecule has 0 aliphatic carbocycles. The summed E-state index contributed by atoms with van der Waals surface area (Å²) >= 11 is 0. The predicted octanol–water partition coefficient (Wildman–Crippen LogP) is 2.74. The number of aliphatic hydroxyl groups excluding tert-OH is 1. The zero-order valence-electron chi connectivity index (χ0n) is 13.6. The molecule has 0 aromatic heterocycles. The van der Waals surface area contributed by atoms with Crippen LogP contribution in [-0.4, -0.2) is 36.3 Å². The Morgan fingerprint density at radius 2 is 1.87 bits per heavy atom. The van der Waals surface area contributed by atoms with E-state index in [-0.39, 0.29) is 6.61 Å². The molecule has 2 aromatic carbocycles. The van der Waals surface area contributed by atoms with Crippen molar-refractivity contribution in [3.05, 3.63) is 65.2 Å². The van der Waals surface area contributed by atoms with Crippen LogP contribution in [0, 0.1) is 18.3 Å². The van der Waals surface area contributed by atoms with Gasteiger partial charge in [-0.3, -0.25) is 4.90 Å². The second-order valence-corrected chi connectivity index (χ2v) is 5.74. The fraction of sp³-hybridized carbons (Fsp3) is 0.316. The number of aliphatic hydroxyl groups is 1. The summed E-state index contributed by atoms with van der Waals surface area (Å²) in [5, 5.41) is 18.9. The molecule has 0 fully saturated rings. The number of para-hydroxylation sites is 1. The molecule has 0 radical (unpaired) electrons. The largest absolute Gasteiger partial charge is 0.491 e. The Balaban J connectivity index is 1.79.